The zero-order chi connectivity index (χ0) is 17.2. The van der Waals surface area contributed by atoms with Crippen LogP contribution < -0.4 is 4.31 Å². The van der Waals surface area contributed by atoms with Crippen LogP contribution in [0.4, 0.5) is 5.69 Å². The summed E-state index contributed by atoms with van der Waals surface area (Å²) in [6.07, 6.45) is 0. The first-order valence-corrected chi connectivity index (χ1v) is 9.51. The number of para-hydroxylation sites is 1. The molecule has 9 heteroatoms. The zero-order valence-electron chi connectivity index (χ0n) is 11.3. The molecule has 0 aliphatic carbocycles. The molecule has 0 saturated carbocycles. The monoisotopic (exact) mass is 455 g/mol. The number of anilines is 1. The minimum Gasteiger partial charge on any atom is -0.279 e. The van der Waals surface area contributed by atoms with E-state index in [1.54, 1.807) is 24.3 Å². The van der Waals surface area contributed by atoms with E-state index < -0.39 is 21.8 Å². The van der Waals surface area contributed by atoms with Crippen molar-refractivity contribution in [1.82, 2.24) is 0 Å². The van der Waals surface area contributed by atoms with E-state index in [4.69, 9.17) is 34.8 Å². The number of carbonyl (C=O) groups excluding carboxylic acids is 1. The standard InChI is InChI=1S/C14H9BrCl3NO3S/c15-10-3-1-2-4-13(10)19(8-14(18)20)23(21,22)9-5-6-11(16)12(17)7-9/h1-7H,8H2. The van der Waals surface area contributed by atoms with Gasteiger partial charge in [0.05, 0.1) is 20.6 Å². The molecule has 0 bridgehead atoms. The first kappa shape index (κ1) is 18.5. The predicted molar refractivity (Wildman–Crippen MR) is 96.0 cm³/mol. The molecular formula is C14H9BrCl3NO3S. The maximum absolute atomic E-state index is 12.9. The fourth-order valence-electron chi connectivity index (χ4n) is 1.83. The molecule has 0 fully saturated rings. The van der Waals surface area contributed by atoms with Gasteiger partial charge < -0.3 is 0 Å². The highest BCUT2D eigenvalue weighted by atomic mass is 79.9. The molecule has 0 heterocycles. The van der Waals surface area contributed by atoms with Crippen LogP contribution in [-0.2, 0) is 14.8 Å². The van der Waals surface area contributed by atoms with E-state index in [0.717, 1.165) is 4.31 Å². The average molecular weight is 458 g/mol. The second-order valence-corrected chi connectivity index (χ2v) is 8.35. The largest absolute Gasteiger partial charge is 0.279 e. The second-order valence-electron chi connectivity index (χ2n) is 4.39. The number of hydrogen-bond acceptors (Lipinski definition) is 3. The van der Waals surface area contributed by atoms with Gasteiger partial charge in [0, 0.05) is 4.47 Å². The maximum Gasteiger partial charge on any atom is 0.264 e. The highest BCUT2D eigenvalue weighted by Crippen LogP contribution is 2.32. The number of hydrogen-bond donors (Lipinski definition) is 0. The molecule has 23 heavy (non-hydrogen) atoms. The smallest absolute Gasteiger partial charge is 0.264 e. The van der Waals surface area contributed by atoms with Gasteiger partial charge in [0.25, 0.3) is 10.0 Å². The molecule has 0 spiro atoms. The van der Waals surface area contributed by atoms with E-state index in [-0.39, 0.29) is 20.6 Å². The molecule has 0 saturated heterocycles. The summed E-state index contributed by atoms with van der Waals surface area (Å²) in [7, 11) is -4.06. The number of benzene rings is 2. The van der Waals surface area contributed by atoms with Gasteiger partial charge in [-0.2, -0.15) is 0 Å². The predicted octanol–water partition coefficient (Wildman–Crippen LogP) is 4.72. The maximum atomic E-state index is 12.9. The number of nitrogens with zero attached hydrogens (tertiary/aromatic N) is 1. The minimum atomic E-state index is -4.06. The fourth-order valence-corrected chi connectivity index (χ4v) is 4.47. The average Bonchev–Trinajstić information content (AvgIpc) is 2.48. The molecule has 2 aromatic rings. The van der Waals surface area contributed by atoms with Crippen molar-refractivity contribution in [1.29, 1.82) is 0 Å². The number of carbonyl (C=O) groups is 1. The summed E-state index contributed by atoms with van der Waals surface area (Å²) < 4.78 is 27.2. The summed E-state index contributed by atoms with van der Waals surface area (Å²) in [6, 6.07) is 10.5. The van der Waals surface area contributed by atoms with Gasteiger partial charge in [-0.15, -0.1) is 0 Å². The van der Waals surface area contributed by atoms with Gasteiger partial charge in [0.2, 0.25) is 5.24 Å². The minimum absolute atomic E-state index is 0.0945. The van der Waals surface area contributed by atoms with Crippen LogP contribution in [0.15, 0.2) is 51.8 Å². The van der Waals surface area contributed by atoms with Crippen LogP contribution in [0.2, 0.25) is 10.0 Å². The van der Waals surface area contributed by atoms with Crippen molar-refractivity contribution in [2.45, 2.75) is 4.90 Å². The van der Waals surface area contributed by atoms with Gasteiger partial charge in [-0.25, -0.2) is 8.42 Å². The van der Waals surface area contributed by atoms with Crippen LogP contribution in [0.25, 0.3) is 0 Å². The van der Waals surface area contributed by atoms with Crippen LogP contribution in [0.3, 0.4) is 0 Å². The Labute approximate surface area is 157 Å². The van der Waals surface area contributed by atoms with Crippen LogP contribution >= 0.6 is 50.7 Å². The van der Waals surface area contributed by atoms with Crippen LogP contribution in [0.1, 0.15) is 0 Å². The van der Waals surface area contributed by atoms with Crippen LogP contribution in [0.5, 0.6) is 0 Å². The summed E-state index contributed by atoms with van der Waals surface area (Å²) in [6.45, 7) is -0.521. The first-order chi connectivity index (χ1) is 10.7. The van der Waals surface area contributed by atoms with Crippen molar-refractivity contribution in [3.63, 3.8) is 0 Å². The van der Waals surface area contributed by atoms with Crippen molar-refractivity contribution in [3.05, 3.63) is 57.0 Å². The molecule has 2 aromatic carbocycles. The Morgan fingerprint density at radius 1 is 1.09 bits per heavy atom. The Morgan fingerprint density at radius 2 is 1.74 bits per heavy atom. The quantitative estimate of drug-likeness (QED) is 0.611. The summed E-state index contributed by atoms with van der Waals surface area (Å²) in [4.78, 5) is 11.2. The molecule has 0 aliphatic heterocycles. The molecule has 122 valence electrons. The molecule has 0 aliphatic rings. The Hall–Kier alpha value is -0.790. The zero-order valence-corrected chi connectivity index (χ0v) is 16.0. The van der Waals surface area contributed by atoms with Crippen molar-refractivity contribution < 1.29 is 13.2 Å². The first-order valence-electron chi connectivity index (χ1n) is 6.14. The van der Waals surface area contributed by atoms with Crippen LogP contribution in [0, 0.1) is 0 Å². The third kappa shape index (κ3) is 4.19. The third-order valence-electron chi connectivity index (χ3n) is 2.87. The van der Waals surface area contributed by atoms with Gasteiger partial charge in [0.15, 0.2) is 0 Å². The van der Waals surface area contributed by atoms with E-state index in [0.29, 0.717) is 4.47 Å². The SMILES string of the molecule is O=C(Cl)CN(c1ccccc1Br)S(=O)(=O)c1ccc(Cl)c(Cl)c1. The van der Waals surface area contributed by atoms with Crippen LogP contribution in [-0.4, -0.2) is 20.2 Å². The van der Waals surface area contributed by atoms with E-state index in [1.807, 2.05) is 0 Å². The number of halogens is 4. The van der Waals surface area contributed by atoms with Crippen molar-refractivity contribution in [2.75, 3.05) is 10.8 Å². The molecular weight excluding hydrogens is 448 g/mol. The summed E-state index contributed by atoms with van der Waals surface area (Å²) >= 11 is 20.4. The fraction of sp³-hybridized carbons (Fsp3) is 0.0714. The number of rotatable bonds is 5. The summed E-state index contributed by atoms with van der Waals surface area (Å²) in [5, 5.41) is -0.493. The molecule has 4 nitrogen and oxygen atoms in total. The molecule has 0 atom stereocenters. The van der Waals surface area contributed by atoms with Gasteiger partial charge >= 0.3 is 0 Å². The van der Waals surface area contributed by atoms with E-state index in [9.17, 15) is 13.2 Å². The molecule has 2 rings (SSSR count). The van der Waals surface area contributed by atoms with Gasteiger partial charge in [-0.1, -0.05) is 35.3 Å². The Bertz CT molecular complexity index is 858. The third-order valence-corrected chi connectivity index (χ3v) is 6.15. The topological polar surface area (TPSA) is 54.5 Å². The lowest BCUT2D eigenvalue weighted by atomic mass is 10.3. The lowest BCUT2D eigenvalue weighted by Crippen LogP contribution is -2.34. The molecule has 0 amide bonds. The van der Waals surface area contributed by atoms with Crippen molar-refractivity contribution in [3.8, 4) is 0 Å². The Morgan fingerprint density at radius 3 is 2.30 bits per heavy atom. The van der Waals surface area contributed by atoms with Crippen molar-refractivity contribution >= 4 is 71.7 Å². The Balaban J connectivity index is 2.60. The van der Waals surface area contributed by atoms with E-state index in [1.165, 1.54) is 18.2 Å². The number of sulfonamides is 1. The van der Waals surface area contributed by atoms with Gasteiger partial charge in [-0.3, -0.25) is 9.10 Å². The molecule has 0 unspecified atom stereocenters. The van der Waals surface area contributed by atoms with E-state index >= 15 is 0 Å². The molecule has 0 N–H and O–H groups in total. The highest BCUT2D eigenvalue weighted by Gasteiger charge is 2.28. The normalized spacial score (nSPS) is 11.3. The van der Waals surface area contributed by atoms with E-state index in [2.05, 4.69) is 15.9 Å². The van der Waals surface area contributed by atoms with Gasteiger partial charge in [-0.05, 0) is 57.9 Å². The Kier molecular flexibility index (Phi) is 5.97. The summed E-state index contributed by atoms with van der Waals surface area (Å²) in [5.74, 6) is 0. The molecule has 0 aromatic heterocycles. The van der Waals surface area contributed by atoms with Gasteiger partial charge in [0.1, 0.15) is 6.54 Å². The second kappa shape index (κ2) is 7.40. The molecule has 0 radical (unpaired) electrons. The summed E-state index contributed by atoms with van der Waals surface area (Å²) in [5.41, 5.74) is 0.285. The lowest BCUT2D eigenvalue weighted by molar-refractivity contribution is -0.110. The highest BCUT2D eigenvalue weighted by molar-refractivity contribution is 9.10. The van der Waals surface area contributed by atoms with Crippen molar-refractivity contribution in [2.24, 2.45) is 0 Å². The lowest BCUT2D eigenvalue weighted by Gasteiger charge is -2.24.